The SMILES string of the molecule is Cc1cccc(C)c1NC(=O)N/C=C/c1cccc(Br)c1. The summed E-state index contributed by atoms with van der Waals surface area (Å²) in [6, 6.07) is 13.5. The number of amides is 2. The highest BCUT2D eigenvalue weighted by Crippen LogP contribution is 2.19. The van der Waals surface area contributed by atoms with Crippen LogP contribution in [0.2, 0.25) is 0 Å². The average Bonchev–Trinajstić information content (AvgIpc) is 2.43. The number of hydrogen-bond donors (Lipinski definition) is 2. The Labute approximate surface area is 133 Å². The topological polar surface area (TPSA) is 41.1 Å². The lowest BCUT2D eigenvalue weighted by atomic mass is 10.1. The molecule has 2 rings (SSSR count). The lowest BCUT2D eigenvalue weighted by Gasteiger charge is -2.10. The van der Waals surface area contributed by atoms with Crippen LogP contribution in [0.4, 0.5) is 10.5 Å². The molecule has 0 heterocycles. The molecule has 0 aliphatic heterocycles. The fourth-order valence-electron chi connectivity index (χ4n) is 1.99. The molecular formula is C17H17BrN2O. The van der Waals surface area contributed by atoms with E-state index in [0.29, 0.717) is 0 Å². The molecule has 2 N–H and O–H groups in total. The largest absolute Gasteiger partial charge is 0.323 e. The van der Waals surface area contributed by atoms with Crippen molar-refractivity contribution in [3.05, 3.63) is 69.8 Å². The summed E-state index contributed by atoms with van der Waals surface area (Å²) < 4.78 is 1.00. The summed E-state index contributed by atoms with van der Waals surface area (Å²) in [6.07, 6.45) is 3.47. The summed E-state index contributed by atoms with van der Waals surface area (Å²) in [7, 11) is 0. The molecule has 0 aromatic heterocycles. The summed E-state index contributed by atoms with van der Waals surface area (Å²) in [6.45, 7) is 3.94. The molecule has 4 heteroatoms. The molecule has 0 atom stereocenters. The first-order valence-electron chi connectivity index (χ1n) is 6.62. The van der Waals surface area contributed by atoms with Crippen molar-refractivity contribution in [2.24, 2.45) is 0 Å². The number of para-hydroxylation sites is 1. The second-order valence-corrected chi connectivity index (χ2v) is 5.67. The van der Waals surface area contributed by atoms with Crippen molar-refractivity contribution in [2.75, 3.05) is 5.32 Å². The van der Waals surface area contributed by atoms with Gasteiger partial charge < -0.3 is 10.6 Å². The number of carbonyl (C=O) groups is 1. The fourth-order valence-corrected chi connectivity index (χ4v) is 2.40. The van der Waals surface area contributed by atoms with Crippen LogP contribution in [-0.2, 0) is 0 Å². The third-order valence-electron chi connectivity index (χ3n) is 3.06. The number of urea groups is 1. The lowest BCUT2D eigenvalue weighted by Crippen LogP contribution is -2.24. The van der Waals surface area contributed by atoms with E-state index in [1.165, 1.54) is 0 Å². The Kier molecular flexibility index (Phi) is 5.17. The summed E-state index contributed by atoms with van der Waals surface area (Å²) in [5.74, 6) is 0. The van der Waals surface area contributed by atoms with Gasteiger partial charge in [-0.15, -0.1) is 0 Å². The van der Waals surface area contributed by atoms with Crippen LogP contribution in [0.3, 0.4) is 0 Å². The van der Waals surface area contributed by atoms with Gasteiger partial charge in [0.2, 0.25) is 0 Å². The van der Waals surface area contributed by atoms with E-state index in [9.17, 15) is 4.79 Å². The van der Waals surface area contributed by atoms with Crippen molar-refractivity contribution in [1.29, 1.82) is 0 Å². The van der Waals surface area contributed by atoms with Gasteiger partial charge in [0.05, 0.1) is 0 Å². The predicted molar refractivity (Wildman–Crippen MR) is 91.2 cm³/mol. The molecule has 0 saturated carbocycles. The highest BCUT2D eigenvalue weighted by molar-refractivity contribution is 9.10. The van der Waals surface area contributed by atoms with Crippen molar-refractivity contribution >= 4 is 33.7 Å². The number of benzene rings is 2. The molecule has 21 heavy (non-hydrogen) atoms. The molecule has 0 spiro atoms. The van der Waals surface area contributed by atoms with E-state index in [2.05, 4.69) is 26.6 Å². The second kappa shape index (κ2) is 7.09. The molecule has 3 nitrogen and oxygen atoms in total. The Morgan fingerprint density at radius 2 is 1.76 bits per heavy atom. The number of anilines is 1. The van der Waals surface area contributed by atoms with Crippen molar-refractivity contribution in [3.8, 4) is 0 Å². The maximum absolute atomic E-state index is 11.9. The smallest absolute Gasteiger partial charge is 0.314 e. The third-order valence-corrected chi connectivity index (χ3v) is 3.55. The van der Waals surface area contributed by atoms with Gasteiger partial charge in [-0.3, -0.25) is 0 Å². The van der Waals surface area contributed by atoms with Crippen LogP contribution in [0.1, 0.15) is 16.7 Å². The molecule has 2 amide bonds. The van der Waals surface area contributed by atoms with Crippen molar-refractivity contribution < 1.29 is 4.79 Å². The first kappa shape index (κ1) is 15.3. The zero-order chi connectivity index (χ0) is 15.2. The van der Waals surface area contributed by atoms with Gasteiger partial charge in [-0.2, -0.15) is 0 Å². The fraction of sp³-hybridized carbons (Fsp3) is 0.118. The van der Waals surface area contributed by atoms with Crippen LogP contribution >= 0.6 is 15.9 Å². The van der Waals surface area contributed by atoms with Crippen LogP contribution in [0, 0.1) is 13.8 Å². The summed E-state index contributed by atoms with van der Waals surface area (Å²) >= 11 is 3.41. The van der Waals surface area contributed by atoms with E-state index >= 15 is 0 Å². The number of halogens is 1. The molecule has 2 aromatic carbocycles. The van der Waals surface area contributed by atoms with Gasteiger partial charge in [0.1, 0.15) is 0 Å². The molecule has 0 unspecified atom stereocenters. The number of hydrogen-bond acceptors (Lipinski definition) is 1. The van der Waals surface area contributed by atoms with Crippen molar-refractivity contribution in [1.82, 2.24) is 5.32 Å². The van der Waals surface area contributed by atoms with Gasteiger partial charge in [-0.05, 0) is 48.7 Å². The van der Waals surface area contributed by atoms with Crippen molar-refractivity contribution in [2.45, 2.75) is 13.8 Å². The van der Waals surface area contributed by atoms with E-state index in [4.69, 9.17) is 0 Å². The van der Waals surface area contributed by atoms with Gasteiger partial charge in [0.15, 0.2) is 0 Å². The highest BCUT2D eigenvalue weighted by atomic mass is 79.9. The predicted octanol–water partition coefficient (Wildman–Crippen LogP) is 4.86. The third kappa shape index (κ3) is 4.46. The molecule has 0 aliphatic carbocycles. The first-order valence-corrected chi connectivity index (χ1v) is 7.41. The number of rotatable bonds is 3. The normalized spacial score (nSPS) is 10.6. The molecule has 0 aliphatic rings. The molecule has 0 saturated heterocycles. The van der Waals surface area contributed by atoms with E-state index < -0.39 is 0 Å². The van der Waals surface area contributed by atoms with Gasteiger partial charge in [0, 0.05) is 16.4 Å². The molecule has 108 valence electrons. The van der Waals surface area contributed by atoms with Gasteiger partial charge in [0.25, 0.3) is 0 Å². The Morgan fingerprint density at radius 1 is 1.10 bits per heavy atom. The number of carbonyl (C=O) groups excluding carboxylic acids is 1. The van der Waals surface area contributed by atoms with E-state index in [1.807, 2.05) is 62.4 Å². The Balaban J connectivity index is 1.96. The maximum Gasteiger partial charge on any atom is 0.323 e. The van der Waals surface area contributed by atoms with E-state index in [0.717, 1.165) is 26.9 Å². The van der Waals surface area contributed by atoms with Gasteiger partial charge in [-0.25, -0.2) is 4.79 Å². The van der Waals surface area contributed by atoms with Crippen LogP contribution in [0.15, 0.2) is 53.1 Å². The Hall–Kier alpha value is -2.07. The molecule has 0 fully saturated rings. The monoisotopic (exact) mass is 344 g/mol. The van der Waals surface area contributed by atoms with Crippen LogP contribution < -0.4 is 10.6 Å². The average molecular weight is 345 g/mol. The molecule has 2 aromatic rings. The quantitative estimate of drug-likeness (QED) is 0.820. The van der Waals surface area contributed by atoms with Crippen LogP contribution in [0.5, 0.6) is 0 Å². The molecule has 0 bridgehead atoms. The standard InChI is InChI=1S/C17H17BrN2O/c1-12-5-3-6-13(2)16(12)20-17(21)19-10-9-14-7-4-8-15(18)11-14/h3-11H,1-2H3,(H2,19,20,21)/b10-9+. The Morgan fingerprint density at radius 3 is 2.43 bits per heavy atom. The van der Waals surface area contributed by atoms with Gasteiger partial charge in [-0.1, -0.05) is 46.3 Å². The van der Waals surface area contributed by atoms with Crippen LogP contribution in [-0.4, -0.2) is 6.03 Å². The molecular weight excluding hydrogens is 328 g/mol. The van der Waals surface area contributed by atoms with Crippen molar-refractivity contribution in [3.63, 3.8) is 0 Å². The van der Waals surface area contributed by atoms with E-state index in [-0.39, 0.29) is 6.03 Å². The van der Waals surface area contributed by atoms with Crippen LogP contribution in [0.25, 0.3) is 6.08 Å². The summed E-state index contributed by atoms with van der Waals surface area (Å²) in [5.41, 5.74) is 3.95. The minimum Gasteiger partial charge on any atom is -0.314 e. The highest BCUT2D eigenvalue weighted by Gasteiger charge is 2.05. The lowest BCUT2D eigenvalue weighted by molar-refractivity contribution is 0.255. The summed E-state index contributed by atoms with van der Waals surface area (Å²) in [5, 5.41) is 5.57. The Bertz CT molecular complexity index is 660. The minimum absolute atomic E-state index is 0.251. The maximum atomic E-state index is 11.9. The zero-order valence-corrected chi connectivity index (χ0v) is 13.6. The number of aryl methyl sites for hydroxylation is 2. The van der Waals surface area contributed by atoms with Gasteiger partial charge >= 0.3 is 6.03 Å². The molecule has 0 radical (unpaired) electrons. The first-order chi connectivity index (χ1) is 10.1. The van der Waals surface area contributed by atoms with E-state index in [1.54, 1.807) is 6.20 Å². The zero-order valence-electron chi connectivity index (χ0n) is 12.0. The second-order valence-electron chi connectivity index (χ2n) is 4.75. The number of nitrogens with one attached hydrogen (secondary N) is 2. The summed E-state index contributed by atoms with van der Waals surface area (Å²) in [4.78, 5) is 11.9. The minimum atomic E-state index is -0.251.